The Morgan fingerprint density at radius 2 is 1.73 bits per heavy atom. The molecule has 3 rings (SSSR count). The molecule has 0 aromatic heterocycles. The number of hydrogen-bond acceptors (Lipinski definition) is 2. The van der Waals surface area contributed by atoms with Crippen LogP contribution in [0, 0.1) is 0 Å². The summed E-state index contributed by atoms with van der Waals surface area (Å²) in [6.07, 6.45) is 4.04. The van der Waals surface area contributed by atoms with Gasteiger partial charge in [0, 0.05) is 31.4 Å². The van der Waals surface area contributed by atoms with Crippen molar-refractivity contribution in [2.45, 2.75) is 45.2 Å². The molecule has 1 heterocycles. The maximum Gasteiger partial charge on any atom is 0.319 e. The van der Waals surface area contributed by atoms with E-state index in [9.17, 15) is 4.79 Å². The number of benzene rings is 2. The van der Waals surface area contributed by atoms with Crippen LogP contribution in [0.5, 0.6) is 0 Å². The second-order valence-corrected chi connectivity index (χ2v) is 7.04. The van der Waals surface area contributed by atoms with E-state index >= 15 is 0 Å². The van der Waals surface area contributed by atoms with E-state index in [1.807, 2.05) is 18.2 Å². The number of nitrogens with zero attached hydrogens (tertiary/aromatic N) is 1. The van der Waals surface area contributed by atoms with Gasteiger partial charge < -0.3 is 10.6 Å². The van der Waals surface area contributed by atoms with E-state index in [0.29, 0.717) is 0 Å². The summed E-state index contributed by atoms with van der Waals surface area (Å²) in [6, 6.07) is 18.8. The van der Waals surface area contributed by atoms with Crippen molar-refractivity contribution in [3.63, 3.8) is 0 Å². The number of nitrogens with one attached hydrogen (secondary N) is 2. The fraction of sp³-hybridized carbons (Fsp3) is 0.409. The highest BCUT2D eigenvalue weighted by Crippen LogP contribution is 2.18. The number of amides is 2. The van der Waals surface area contributed by atoms with Gasteiger partial charge in [-0.3, -0.25) is 4.90 Å². The van der Waals surface area contributed by atoms with Crippen LogP contribution in [0.1, 0.15) is 37.3 Å². The number of carbonyl (C=O) groups excluding carboxylic acids is 1. The number of carbonyl (C=O) groups is 1. The first kappa shape index (κ1) is 18.5. The summed E-state index contributed by atoms with van der Waals surface area (Å²) >= 11 is 0. The molecule has 0 spiro atoms. The highest BCUT2D eigenvalue weighted by molar-refractivity contribution is 5.90. The van der Waals surface area contributed by atoms with Crippen LogP contribution in [0.2, 0.25) is 0 Å². The lowest BCUT2D eigenvalue weighted by molar-refractivity contribution is 0.190. The first-order chi connectivity index (χ1) is 12.7. The van der Waals surface area contributed by atoms with Crippen molar-refractivity contribution in [3.05, 3.63) is 65.7 Å². The van der Waals surface area contributed by atoms with Crippen molar-refractivity contribution in [3.8, 4) is 0 Å². The maximum absolute atomic E-state index is 12.4. The normalized spacial score (nSPS) is 15.6. The van der Waals surface area contributed by atoms with E-state index in [-0.39, 0.29) is 12.1 Å². The Balaban J connectivity index is 1.45. The van der Waals surface area contributed by atoms with Gasteiger partial charge in [-0.15, -0.1) is 0 Å². The Labute approximate surface area is 156 Å². The average molecular weight is 351 g/mol. The van der Waals surface area contributed by atoms with E-state index in [4.69, 9.17) is 0 Å². The minimum Gasteiger partial charge on any atom is -0.335 e. The molecule has 0 radical (unpaired) electrons. The smallest absolute Gasteiger partial charge is 0.319 e. The SMILES string of the molecule is CCCc1ccccc1NC(=O)NC1CCN(Cc2ccccc2)CC1. The number of para-hydroxylation sites is 1. The first-order valence-corrected chi connectivity index (χ1v) is 9.66. The Morgan fingerprint density at radius 1 is 1.04 bits per heavy atom. The molecule has 1 aliphatic heterocycles. The Bertz CT molecular complexity index is 694. The third kappa shape index (κ3) is 5.33. The Morgan fingerprint density at radius 3 is 2.46 bits per heavy atom. The lowest BCUT2D eigenvalue weighted by atomic mass is 10.0. The van der Waals surface area contributed by atoms with Gasteiger partial charge in [-0.2, -0.15) is 0 Å². The number of likely N-dealkylation sites (tertiary alicyclic amines) is 1. The third-order valence-corrected chi connectivity index (χ3v) is 4.96. The van der Waals surface area contributed by atoms with Gasteiger partial charge in [0.2, 0.25) is 0 Å². The summed E-state index contributed by atoms with van der Waals surface area (Å²) in [5.74, 6) is 0. The topological polar surface area (TPSA) is 44.4 Å². The van der Waals surface area contributed by atoms with Crippen LogP contribution in [0.4, 0.5) is 10.5 Å². The third-order valence-electron chi connectivity index (χ3n) is 4.96. The van der Waals surface area contributed by atoms with Crippen LogP contribution < -0.4 is 10.6 Å². The van der Waals surface area contributed by atoms with Crippen molar-refractivity contribution in [2.24, 2.45) is 0 Å². The van der Waals surface area contributed by atoms with Gasteiger partial charge in [0.15, 0.2) is 0 Å². The van der Waals surface area contributed by atoms with Crippen molar-refractivity contribution >= 4 is 11.7 Å². The Hall–Kier alpha value is -2.33. The minimum absolute atomic E-state index is 0.0879. The number of anilines is 1. The highest BCUT2D eigenvalue weighted by atomic mass is 16.2. The number of piperidine rings is 1. The van der Waals surface area contributed by atoms with Gasteiger partial charge >= 0.3 is 6.03 Å². The second kappa shape index (κ2) is 9.39. The van der Waals surface area contributed by atoms with Gasteiger partial charge in [0.1, 0.15) is 0 Å². The van der Waals surface area contributed by atoms with Gasteiger partial charge in [-0.25, -0.2) is 4.79 Å². The van der Waals surface area contributed by atoms with E-state index in [2.05, 4.69) is 58.9 Å². The molecule has 2 amide bonds. The van der Waals surface area contributed by atoms with E-state index in [1.165, 1.54) is 11.1 Å². The van der Waals surface area contributed by atoms with Gasteiger partial charge in [-0.05, 0) is 36.5 Å². The summed E-state index contributed by atoms with van der Waals surface area (Å²) in [7, 11) is 0. The second-order valence-electron chi connectivity index (χ2n) is 7.04. The lowest BCUT2D eigenvalue weighted by Crippen LogP contribution is -2.45. The summed E-state index contributed by atoms with van der Waals surface area (Å²) in [5.41, 5.74) is 3.47. The number of urea groups is 1. The van der Waals surface area contributed by atoms with Crippen LogP contribution in [-0.4, -0.2) is 30.1 Å². The zero-order valence-electron chi connectivity index (χ0n) is 15.6. The van der Waals surface area contributed by atoms with Crippen molar-refractivity contribution < 1.29 is 4.79 Å². The minimum atomic E-state index is -0.0879. The van der Waals surface area contributed by atoms with Gasteiger partial charge in [0.05, 0.1) is 0 Å². The Kier molecular flexibility index (Phi) is 6.67. The summed E-state index contributed by atoms with van der Waals surface area (Å²) in [5, 5.41) is 6.17. The van der Waals surface area contributed by atoms with Crippen molar-refractivity contribution in [1.82, 2.24) is 10.2 Å². The number of aryl methyl sites for hydroxylation is 1. The van der Waals surface area contributed by atoms with Crippen LogP contribution in [0.15, 0.2) is 54.6 Å². The molecule has 0 aliphatic carbocycles. The lowest BCUT2D eigenvalue weighted by Gasteiger charge is -2.32. The van der Waals surface area contributed by atoms with Crippen LogP contribution in [0.25, 0.3) is 0 Å². The molecule has 2 aromatic carbocycles. The highest BCUT2D eigenvalue weighted by Gasteiger charge is 2.20. The molecule has 0 bridgehead atoms. The predicted molar refractivity (Wildman–Crippen MR) is 107 cm³/mol. The monoisotopic (exact) mass is 351 g/mol. The molecular formula is C22H29N3O. The van der Waals surface area contributed by atoms with Crippen LogP contribution in [-0.2, 0) is 13.0 Å². The van der Waals surface area contributed by atoms with Gasteiger partial charge in [0.25, 0.3) is 0 Å². The molecule has 1 saturated heterocycles. The molecule has 1 aliphatic rings. The van der Waals surface area contributed by atoms with Crippen LogP contribution >= 0.6 is 0 Å². The molecule has 0 saturated carbocycles. The fourth-order valence-electron chi connectivity index (χ4n) is 3.55. The molecule has 2 aromatic rings. The standard InChI is InChI=1S/C22H29N3O/c1-2-8-19-11-6-7-12-21(19)24-22(26)23-20-13-15-25(16-14-20)17-18-9-4-3-5-10-18/h3-7,9-12,20H,2,8,13-17H2,1H3,(H2,23,24,26). The van der Waals surface area contributed by atoms with E-state index in [0.717, 1.165) is 51.0 Å². The van der Waals surface area contributed by atoms with Gasteiger partial charge in [-0.1, -0.05) is 61.9 Å². The van der Waals surface area contributed by atoms with Crippen LogP contribution in [0.3, 0.4) is 0 Å². The zero-order chi connectivity index (χ0) is 18.2. The molecule has 0 atom stereocenters. The number of hydrogen-bond donors (Lipinski definition) is 2. The molecule has 138 valence electrons. The molecule has 2 N–H and O–H groups in total. The molecular weight excluding hydrogens is 322 g/mol. The predicted octanol–water partition coefficient (Wildman–Crippen LogP) is 4.43. The quantitative estimate of drug-likeness (QED) is 0.809. The van der Waals surface area contributed by atoms with E-state index < -0.39 is 0 Å². The first-order valence-electron chi connectivity index (χ1n) is 9.66. The molecule has 1 fully saturated rings. The summed E-state index contributed by atoms with van der Waals surface area (Å²) in [4.78, 5) is 14.8. The zero-order valence-corrected chi connectivity index (χ0v) is 15.6. The molecule has 4 nitrogen and oxygen atoms in total. The average Bonchev–Trinajstić information content (AvgIpc) is 2.66. The molecule has 4 heteroatoms. The largest absolute Gasteiger partial charge is 0.335 e. The van der Waals surface area contributed by atoms with Crippen molar-refractivity contribution in [2.75, 3.05) is 18.4 Å². The maximum atomic E-state index is 12.4. The van der Waals surface area contributed by atoms with E-state index in [1.54, 1.807) is 0 Å². The summed E-state index contributed by atoms with van der Waals surface area (Å²) in [6.45, 7) is 5.18. The number of rotatable bonds is 6. The summed E-state index contributed by atoms with van der Waals surface area (Å²) < 4.78 is 0. The molecule has 26 heavy (non-hydrogen) atoms. The van der Waals surface area contributed by atoms with Crippen molar-refractivity contribution in [1.29, 1.82) is 0 Å². The fourth-order valence-corrected chi connectivity index (χ4v) is 3.55. The molecule has 0 unspecified atom stereocenters.